The van der Waals surface area contributed by atoms with Crippen molar-refractivity contribution in [2.75, 3.05) is 13.2 Å². The molecule has 0 aliphatic heterocycles. The first-order chi connectivity index (χ1) is 21.4. The molecule has 284 valence electrons. The Morgan fingerprint density at radius 2 is 1.17 bits per heavy atom. The summed E-state index contributed by atoms with van der Waals surface area (Å²) in [5.41, 5.74) is 1.27. The minimum atomic E-state index is -2.23. The Morgan fingerprint density at radius 3 is 1.56 bits per heavy atom. The normalized spacial score (nSPS) is 19.8. The molecule has 0 bridgehead atoms. The summed E-state index contributed by atoms with van der Waals surface area (Å²) in [6, 6.07) is 0. The highest BCUT2D eigenvalue weighted by molar-refractivity contribution is 6.75. The van der Waals surface area contributed by atoms with Gasteiger partial charge in [0.15, 0.2) is 25.0 Å². The van der Waals surface area contributed by atoms with Crippen molar-refractivity contribution in [2.24, 2.45) is 29.6 Å². The number of rotatable bonds is 19. The van der Waals surface area contributed by atoms with Crippen molar-refractivity contribution in [1.29, 1.82) is 0 Å². The SMILES string of the molecule is C=C/C=C\[C@H](C)[C@H](O)[C@@H](C)[C@@H](O[Si](C)(C)C(C)(C)C)[C@@H](CO[Si](C)(C)C(C)(C)C)C/C(C)=C\[C@H](C)[C@@H](O[Si](C)(C)C(C)(C)C)[C@@H](C)CO. The van der Waals surface area contributed by atoms with Crippen molar-refractivity contribution in [3.05, 3.63) is 36.5 Å². The second-order valence-corrected chi connectivity index (χ2v) is 33.9. The zero-order valence-electron chi connectivity index (χ0n) is 35.4. The molecule has 8 atom stereocenters. The van der Waals surface area contributed by atoms with Gasteiger partial charge in [-0.3, -0.25) is 0 Å². The summed E-state index contributed by atoms with van der Waals surface area (Å²) in [5.74, 6) is 0.0223. The van der Waals surface area contributed by atoms with Gasteiger partial charge >= 0.3 is 0 Å². The molecule has 48 heavy (non-hydrogen) atoms. The summed E-state index contributed by atoms with van der Waals surface area (Å²) in [6.45, 7) is 49.7. The van der Waals surface area contributed by atoms with Crippen LogP contribution in [0.15, 0.2) is 36.5 Å². The lowest BCUT2D eigenvalue weighted by atomic mass is 9.81. The van der Waals surface area contributed by atoms with Crippen molar-refractivity contribution < 1.29 is 23.5 Å². The maximum atomic E-state index is 11.8. The molecule has 0 saturated heterocycles. The van der Waals surface area contributed by atoms with E-state index in [4.69, 9.17) is 13.3 Å². The molecule has 0 spiro atoms. The molecule has 5 nitrogen and oxygen atoms in total. The van der Waals surface area contributed by atoms with Crippen LogP contribution in [0.3, 0.4) is 0 Å². The van der Waals surface area contributed by atoms with Gasteiger partial charge in [-0.25, -0.2) is 0 Å². The molecule has 0 aliphatic carbocycles. The monoisotopic (exact) mass is 727 g/mol. The van der Waals surface area contributed by atoms with Crippen molar-refractivity contribution in [3.63, 3.8) is 0 Å². The van der Waals surface area contributed by atoms with Crippen LogP contribution in [0.4, 0.5) is 0 Å². The quantitative estimate of drug-likeness (QED) is 0.0788. The van der Waals surface area contributed by atoms with Gasteiger partial charge in [0.05, 0.1) is 18.3 Å². The van der Waals surface area contributed by atoms with Gasteiger partial charge in [0, 0.05) is 36.9 Å². The second kappa shape index (κ2) is 18.4. The van der Waals surface area contributed by atoms with E-state index in [1.54, 1.807) is 6.08 Å². The number of hydrogen-bond acceptors (Lipinski definition) is 5. The van der Waals surface area contributed by atoms with E-state index in [0.29, 0.717) is 6.61 Å². The Hall–Kier alpha value is -0.329. The van der Waals surface area contributed by atoms with Crippen molar-refractivity contribution in [3.8, 4) is 0 Å². The van der Waals surface area contributed by atoms with Crippen LogP contribution in [0.5, 0.6) is 0 Å². The smallest absolute Gasteiger partial charge is 0.192 e. The lowest BCUT2D eigenvalue weighted by Crippen LogP contribution is -2.52. The van der Waals surface area contributed by atoms with Crippen molar-refractivity contribution >= 4 is 25.0 Å². The molecule has 0 heterocycles. The first-order valence-electron chi connectivity index (χ1n) is 18.6. The van der Waals surface area contributed by atoms with Crippen LogP contribution in [0.25, 0.3) is 0 Å². The molecule has 8 heteroatoms. The summed E-state index contributed by atoms with van der Waals surface area (Å²) in [6.07, 6.45) is 8.04. The fourth-order valence-corrected chi connectivity index (χ4v) is 9.37. The number of allylic oxidation sites excluding steroid dienone is 3. The minimum absolute atomic E-state index is 0.0171. The third-order valence-corrected chi connectivity index (χ3v) is 25.5. The third-order valence-electron chi connectivity index (χ3n) is 12.0. The molecule has 0 unspecified atom stereocenters. The van der Waals surface area contributed by atoms with Gasteiger partial charge < -0.3 is 23.5 Å². The van der Waals surface area contributed by atoms with E-state index in [1.165, 1.54) is 5.57 Å². The van der Waals surface area contributed by atoms with Crippen LogP contribution in [-0.4, -0.2) is 66.7 Å². The highest BCUT2D eigenvalue weighted by Crippen LogP contribution is 2.43. The van der Waals surface area contributed by atoms with Gasteiger partial charge in [0.2, 0.25) is 0 Å². The van der Waals surface area contributed by atoms with Gasteiger partial charge in [-0.15, -0.1) is 0 Å². The third kappa shape index (κ3) is 14.0. The Morgan fingerprint density at radius 1 is 0.729 bits per heavy atom. The molecule has 0 aromatic carbocycles. The molecule has 0 rings (SSSR count). The molecule has 0 saturated carbocycles. The summed E-state index contributed by atoms with van der Waals surface area (Å²) in [5, 5.41) is 22.2. The van der Waals surface area contributed by atoms with Crippen LogP contribution < -0.4 is 0 Å². The molecule has 2 N–H and O–H groups in total. The zero-order valence-corrected chi connectivity index (χ0v) is 38.4. The Kier molecular flexibility index (Phi) is 18.3. The first-order valence-corrected chi connectivity index (χ1v) is 27.3. The van der Waals surface area contributed by atoms with Crippen molar-refractivity contribution in [2.45, 2.75) is 176 Å². The number of aliphatic hydroxyl groups excluding tert-OH is 2. The fraction of sp³-hybridized carbons (Fsp3) is 0.850. The molecule has 0 aromatic heterocycles. The maximum Gasteiger partial charge on any atom is 0.192 e. The zero-order chi connectivity index (χ0) is 38.3. The maximum absolute atomic E-state index is 11.8. The van der Waals surface area contributed by atoms with E-state index in [-0.39, 0.29) is 63.5 Å². The van der Waals surface area contributed by atoms with Gasteiger partial charge in [-0.2, -0.15) is 0 Å². The predicted molar refractivity (Wildman–Crippen MR) is 218 cm³/mol. The molecule has 0 radical (unpaired) electrons. The number of aliphatic hydroxyl groups is 2. The molecule has 0 amide bonds. The van der Waals surface area contributed by atoms with Crippen LogP contribution in [-0.2, 0) is 13.3 Å². The van der Waals surface area contributed by atoms with E-state index in [0.717, 1.165) is 6.42 Å². The van der Waals surface area contributed by atoms with Gasteiger partial charge in [-0.1, -0.05) is 126 Å². The fourth-order valence-electron chi connectivity index (χ4n) is 5.38. The van der Waals surface area contributed by atoms with Crippen molar-refractivity contribution in [1.82, 2.24) is 0 Å². The van der Waals surface area contributed by atoms with E-state index in [2.05, 4.69) is 149 Å². The number of hydrogen-bond donors (Lipinski definition) is 2. The van der Waals surface area contributed by atoms with E-state index >= 15 is 0 Å². The van der Waals surface area contributed by atoms with Crippen LogP contribution in [0.2, 0.25) is 54.4 Å². The first kappa shape index (κ1) is 47.7. The highest BCUT2D eigenvalue weighted by atomic mass is 28.4. The molecule has 0 aliphatic rings. The summed E-state index contributed by atoms with van der Waals surface area (Å²) in [4.78, 5) is 0. The van der Waals surface area contributed by atoms with E-state index in [1.807, 2.05) is 12.2 Å². The standard InChI is InChI=1S/C40H82O5Si3/c1-22-23-24-30(3)35(42)33(6)37(45-48(20,21)40(13,14)15)34(28-43-46(16,17)38(7,8)9)26-29(2)25-31(4)36(32(5)27-41)44-47(18,19)39(10,11)12/h22-25,30-37,41-42H,1,26-28H2,2-21H3/b24-23-,29-25-/t30-,31-,32-,33+,34+,35-,36+,37+/m0/s1. The minimum Gasteiger partial charge on any atom is -0.416 e. The molecular formula is C40H82O5Si3. The summed E-state index contributed by atoms with van der Waals surface area (Å²) in [7, 11) is -6.36. The van der Waals surface area contributed by atoms with Gasteiger partial charge in [-0.05, 0) is 73.7 Å². The highest BCUT2D eigenvalue weighted by Gasteiger charge is 2.46. The van der Waals surface area contributed by atoms with Gasteiger partial charge in [0.25, 0.3) is 0 Å². The van der Waals surface area contributed by atoms with Gasteiger partial charge in [0.1, 0.15) is 0 Å². The second-order valence-electron chi connectivity index (χ2n) is 19.6. The molecule has 0 fully saturated rings. The van der Waals surface area contributed by atoms with E-state index in [9.17, 15) is 10.2 Å². The topological polar surface area (TPSA) is 68.2 Å². The average molecular weight is 727 g/mol. The summed E-state index contributed by atoms with van der Waals surface area (Å²) >= 11 is 0. The van der Waals surface area contributed by atoms with E-state index < -0.39 is 31.1 Å². The Bertz CT molecular complexity index is 1030. The van der Waals surface area contributed by atoms with Crippen LogP contribution >= 0.6 is 0 Å². The lowest BCUT2D eigenvalue weighted by Gasteiger charge is -2.46. The molecular weight excluding hydrogens is 645 g/mol. The Labute approximate surface area is 302 Å². The average Bonchev–Trinajstić information content (AvgIpc) is 2.92. The van der Waals surface area contributed by atoms with Crippen LogP contribution in [0, 0.1) is 29.6 Å². The van der Waals surface area contributed by atoms with Crippen LogP contribution in [0.1, 0.15) is 103 Å². The lowest BCUT2D eigenvalue weighted by molar-refractivity contribution is -0.0276. The largest absolute Gasteiger partial charge is 0.416 e. The Balaban J connectivity index is 7.06. The molecule has 0 aromatic rings. The summed E-state index contributed by atoms with van der Waals surface area (Å²) < 4.78 is 21.3. The predicted octanol–water partition coefficient (Wildman–Crippen LogP) is 11.4.